The van der Waals surface area contributed by atoms with E-state index in [-0.39, 0.29) is 6.09 Å². The second-order valence-electron chi connectivity index (χ2n) is 9.36. The van der Waals surface area contributed by atoms with Gasteiger partial charge in [0.25, 0.3) is 0 Å². The highest BCUT2D eigenvalue weighted by Crippen LogP contribution is 2.26. The highest BCUT2D eigenvalue weighted by Gasteiger charge is 2.27. The Labute approximate surface area is 183 Å². The first-order chi connectivity index (χ1) is 13.8. The number of nitrogens with zero attached hydrogens (tertiary/aromatic N) is 2. The van der Waals surface area contributed by atoms with E-state index in [1.54, 1.807) is 0 Å². The molecule has 2 fully saturated rings. The number of hydrogen-bond acceptors (Lipinski definition) is 4. The highest BCUT2D eigenvalue weighted by atomic mass is 79.9. The van der Waals surface area contributed by atoms with Crippen LogP contribution in [0.4, 0.5) is 10.5 Å². The molecule has 5 nitrogen and oxygen atoms in total. The van der Waals surface area contributed by atoms with Crippen LogP contribution in [0, 0.1) is 11.8 Å². The molecule has 0 atom stereocenters. The van der Waals surface area contributed by atoms with Gasteiger partial charge in [0, 0.05) is 49.6 Å². The van der Waals surface area contributed by atoms with Gasteiger partial charge in [-0.25, -0.2) is 4.79 Å². The number of hydrogen-bond donors (Lipinski definition) is 0. The molecule has 6 heteroatoms. The number of anilines is 1. The van der Waals surface area contributed by atoms with E-state index >= 15 is 0 Å². The molecule has 0 unspecified atom stereocenters. The molecule has 2 aliphatic rings. The van der Waals surface area contributed by atoms with Gasteiger partial charge >= 0.3 is 6.09 Å². The van der Waals surface area contributed by atoms with E-state index in [9.17, 15) is 4.79 Å². The quantitative estimate of drug-likeness (QED) is 0.587. The molecular weight excluding hydrogens is 432 g/mol. The van der Waals surface area contributed by atoms with Crippen LogP contribution in [0.25, 0.3) is 0 Å². The van der Waals surface area contributed by atoms with Crippen LogP contribution in [0.1, 0.15) is 46.5 Å². The van der Waals surface area contributed by atoms with Gasteiger partial charge in [0.1, 0.15) is 5.60 Å². The van der Waals surface area contributed by atoms with E-state index in [2.05, 4.69) is 45.1 Å². The summed E-state index contributed by atoms with van der Waals surface area (Å²) in [4.78, 5) is 16.5. The maximum absolute atomic E-state index is 12.2. The standard InChI is InChI=1S/C23H35BrN2O3/c1-23(2,3)29-22(27)26-14-10-19(11-15-26)17-28-16-18-8-12-25(13-9-18)21-6-4-20(24)5-7-21/h4-7,18-19H,8-17H2,1-3H3. The summed E-state index contributed by atoms with van der Waals surface area (Å²) >= 11 is 3.50. The Balaban J connectivity index is 1.30. The topological polar surface area (TPSA) is 42.0 Å². The van der Waals surface area contributed by atoms with E-state index in [0.29, 0.717) is 11.8 Å². The molecule has 162 valence electrons. The predicted octanol–water partition coefficient (Wildman–Crippen LogP) is 5.33. The van der Waals surface area contributed by atoms with Gasteiger partial charge in [0.05, 0.1) is 0 Å². The molecule has 0 bridgehead atoms. The van der Waals surface area contributed by atoms with E-state index in [4.69, 9.17) is 9.47 Å². The Morgan fingerprint density at radius 1 is 0.966 bits per heavy atom. The number of likely N-dealkylation sites (tertiary alicyclic amines) is 1. The lowest BCUT2D eigenvalue weighted by atomic mass is 9.96. The Morgan fingerprint density at radius 3 is 2.00 bits per heavy atom. The minimum absolute atomic E-state index is 0.186. The molecule has 29 heavy (non-hydrogen) atoms. The van der Waals surface area contributed by atoms with E-state index in [1.165, 1.54) is 18.5 Å². The average molecular weight is 467 g/mol. The summed E-state index contributed by atoms with van der Waals surface area (Å²) in [5, 5.41) is 0. The van der Waals surface area contributed by atoms with Crippen molar-refractivity contribution < 1.29 is 14.3 Å². The lowest BCUT2D eigenvalue weighted by Crippen LogP contribution is -2.42. The summed E-state index contributed by atoms with van der Waals surface area (Å²) < 4.78 is 12.7. The average Bonchev–Trinajstić information content (AvgIpc) is 2.68. The summed E-state index contributed by atoms with van der Waals surface area (Å²) in [7, 11) is 0. The molecular formula is C23H35BrN2O3. The SMILES string of the molecule is CC(C)(C)OC(=O)N1CCC(COCC2CCN(c3ccc(Br)cc3)CC2)CC1. The van der Waals surface area contributed by atoms with Crippen LogP contribution in [0.2, 0.25) is 0 Å². The minimum atomic E-state index is -0.427. The Hall–Kier alpha value is -1.27. The molecule has 1 aromatic carbocycles. The van der Waals surface area contributed by atoms with Crippen LogP contribution >= 0.6 is 15.9 Å². The van der Waals surface area contributed by atoms with Gasteiger partial charge in [-0.2, -0.15) is 0 Å². The second-order valence-corrected chi connectivity index (χ2v) is 10.3. The summed E-state index contributed by atoms with van der Waals surface area (Å²) in [6.45, 7) is 11.2. The smallest absolute Gasteiger partial charge is 0.410 e. The monoisotopic (exact) mass is 466 g/mol. The van der Waals surface area contributed by atoms with Crippen LogP contribution < -0.4 is 4.90 Å². The lowest BCUT2D eigenvalue weighted by Gasteiger charge is -2.35. The van der Waals surface area contributed by atoms with Crippen molar-refractivity contribution in [2.75, 3.05) is 44.3 Å². The molecule has 0 aromatic heterocycles. The zero-order chi connectivity index (χ0) is 20.9. The van der Waals surface area contributed by atoms with Gasteiger partial charge in [-0.1, -0.05) is 15.9 Å². The number of benzene rings is 1. The number of carbonyl (C=O) groups excluding carboxylic acids is 1. The Kier molecular flexibility index (Phi) is 7.85. The van der Waals surface area contributed by atoms with Crippen LogP contribution in [0.5, 0.6) is 0 Å². The van der Waals surface area contributed by atoms with Crippen molar-refractivity contribution >= 4 is 27.7 Å². The number of halogens is 1. The van der Waals surface area contributed by atoms with Gasteiger partial charge in [-0.3, -0.25) is 0 Å². The molecule has 0 N–H and O–H groups in total. The normalized spacial score (nSPS) is 19.4. The van der Waals surface area contributed by atoms with E-state index in [1.807, 2.05) is 25.7 Å². The molecule has 2 heterocycles. The largest absolute Gasteiger partial charge is 0.444 e. The van der Waals surface area contributed by atoms with E-state index in [0.717, 1.165) is 56.7 Å². The first-order valence-corrected chi connectivity index (χ1v) is 11.7. The molecule has 1 amide bonds. The minimum Gasteiger partial charge on any atom is -0.444 e. The molecule has 2 saturated heterocycles. The van der Waals surface area contributed by atoms with Gasteiger partial charge < -0.3 is 19.3 Å². The molecule has 0 aliphatic carbocycles. The third-order valence-corrected chi connectivity index (χ3v) is 6.31. The van der Waals surface area contributed by atoms with Crippen LogP contribution in [0.15, 0.2) is 28.7 Å². The van der Waals surface area contributed by atoms with Crippen molar-refractivity contribution in [3.63, 3.8) is 0 Å². The van der Waals surface area contributed by atoms with Gasteiger partial charge in [-0.15, -0.1) is 0 Å². The van der Waals surface area contributed by atoms with E-state index < -0.39 is 5.60 Å². The first kappa shape index (κ1) is 22.4. The number of ether oxygens (including phenoxy) is 2. The number of piperidine rings is 2. The van der Waals surface area contributed by atoms with Crippen LogP contribution in [-0.4, -0.2) is 56.0 Å². The number of carbonyl (C=O) groups is 1. The fraction of sp³-hybridized carbons (Fsp3) is 0.696. The van der Waals surface area contributed by atoms with Gasteiger partial charge in [0.2, 0.25) is 0 Å². The first-order valence-electron chi connectivity index (χ1n) is 10.9. The van der Waals surface area contributed by atoms with Crippen molar-refractivity contribution in [3.05, 3.63) is 28.7 Å². The van der Waals surface area contributed by atoms with Crippen molar-refractivity contribution in [2.45, 2.75) is 52.1 Å². The third-order valence-electron chi connectivity index (χ3n) is 5.78. The maximum Gasteiger partial charge on any atom is 0.410 e. The molecule has 0 spiro atoms. The fourth-order valence-electron chi connectivity index (χ4n) is 4.02. The van der Waals surface area contributed by atoms with Crippen molar-refractivity contribution in [1.82, 2.24) is 4.90 Å². The maximum atomic E-state index is 12.2. The summed E-state index contributed by atoms with van der Waals surface area (Å²) in [6, 6.07) is 8.59. The predicted molar refractivity (Wildman–Crippen MR) is 120 cm³/mol. The second kappa shape index (κ2) is 10.2. The zero-order valence-corrected chi connectivity index (χ0v) is 19.6. The van der Waals surface area contributed by atoms with Crippen molar-refractivity contribution in [3.8, 4) is 0 Å². The Morgan fingerprint density at radius 2 is 1.48 bits per heavy atom. The molecule has 0 radical (unpaired) electrons. The third kappa shape index (κ3) is 7.18. The summed E-state index contributed by atoms with van der Waals surface area (Å²) in [6.07, 6.45) is 4.19. The molecule has 2 aliphatic heterocycles. The Bertz CT molecular complexity index is 643. The van der Waals surface area contributed by atoms with Gasteiger partial charge in [-0.05, 0) is 82.6 Å². The summed E-state index contributed by atoms with van der Waals surface area (Å²) in [5.41, 5.74) is 0.883. The fourth-order valence-corrected chi connectivity index (χ4v) is 4.28. The number of rotatable bonds is 5. The summed E-state index contributed by atoms with van der Waals surface area (Å²) in [5.74, 6) is 1.21. The lowest BCUT2D eigenvalue weighted by molar-refractivity contribution is 0.00845. The molecule has 1 aromatic rings. The van der Waals surface area contributed by atoms with Crippen LogP contribution in [-0.2, 0) is 9.47 Å². The molecule has 3 rings (SSSR count). The highest BCUT2D eigenvalue weighted by molar-refractivity contribution is 9.10. The van der Waals surface area contributed by atoms with Gasteiger partial charge in [0.15, 0.2) is 0 Å². The molecule has 0 saturated carbocycles. The zero-order valence-electron chi connectivity index (χ0n) is 18.0. The van der Waals surface area contributed by atoms with Crippen LogP contribution in [0.3, 0.4) is 0 Å². The van der Waals surface area contributed by atoms with Crippen molar-refractivity contribution in [2.24, 2.45) is 11.8 Å². The number of amides is 1. The van der Waals surface area contributed by atoms with Crippen molar-refractivity contribution in [1.29, 1.82) is 0 Å².